The molecular formula is C17H33N3O2. The second-order valence-corrected chi connectivity index (χ2v) is 7.85. The van der Waals surface area contributed by atoms with Crippen LogP contribution in [0.4, 0.5) is 4.79 Å². The molecule has 2 rings (SSSR count). The maximum absolute atomic E-state index is 12.2. The Kier molecular flexibility index (Phi) is 6.09. The zero-order chi connectivity index (χ0) is 16.2. The Hall–Kier alpha value is -0.810. The molecule has 0 spiro atoms. The van der Waals surface area contributed by atoms with E-state index in [9.17, 15) is 4.79 Å². The first-order valence-electron chi connectivity index (χ1n) is 8.79. The summed E-state index contributed by atoms with van der Waals surface area (Å²) < 4.78 is 5.50. The molecular weight excluding hydrogens is 278 g/mol. The highest BCUT2D eigenvalue weighted by Gasteiger charge is 2.31. The van der Waals surface area contributed by atoms with E-state index in [0.717, 1.165) is 44.9 Å². The van der Waals surface area contributed by atoms with Gasteiger partial charge in [-0.3, -0.25) is 0 Å². The van der Waals surface area contributed by atoms with Gasteiger partial charge in [-0.2, -0.15) is 0 Å². The summed E-state index contributed by atoms with van der Waals surface area (Å²) in [6, 6.07) is 0.776. The number of hydrogen-bond donors (Lipinski definition) is 2. The largest absolute Gasteiger partial charge is 0.444 e. The molecule has 0 saturated carbocycles. The molecule has 0 aromatic heterocycles. The Labute approximate surface area is 135 Å². The van der Waals surface area contributed by atoms with E-state index in [2.05, 4.69) is 17.6 Å². The Bertz CT molecular complexity index is 361. The van der Waals surface area contributed by atoms with Gasteiger partial charge >= 0.3 is 6.09 Å². The van der Waals surface area contributed by atoms with Crippen molar-refractivity contribution in [1.82, 2.24) is 15.5 Å². The molecule has 0 aromatic carbocycles. The standard InChI is InChI=1S/C17H33N3O2/c1-13-11-15(19-12-14-5-8-18-9-6-14)7-10-20(13)16(21)22-17(2,3)4/h13-15,18-19H,5-12H2,1-4H3. The van der Waals surface area contributed by atoms with Crippen molar-refractivity contribution in [2.75, 3.05) is 26.2 Å². The quantitative estimate of drug-likeness (QED) is 0.840. The van der Waals surface area contributed by atoms with E-state index < -0.39 is 5.60 Å². The fourth-order valence-corrected chi connectivity index (χ4v) is 3.37. The summed E-state index contributed by atoms with van der Waals surface area (Å²) in [5.41, 5.74) is -0.416. The van der Waals surface area contributed by atoms with Crippen molar-refractivity contribution in [2.24, 2.45) is 5.92 Å². The topological polar surface area (TPSA) is 53.6 Å². The lowest BCUT2D eigenvalue weighted by Crippen LogP contribution is -2.51. The minimum atomic E-state index is -0.416. The summed E-state index contributed by atoms with van der Waals surface area (Å²) in [4.78, 5) is 14.1. The van der Waals surface area contributed by atoms with E-state index in [1.54, 1.807) is 0 Å². The van der Waals surface area contributed by atoms with Gasteiger partial charge in [0.2, 0.25) is 0 Å². The van der Waals surface area contributed by atoms with Crippen LogP contribution in [0.1, 0.15) is 53.4 Å². The Morgan fingerprint density at radius 3 is 2.55 bits per heavy atom. The lowest BCUT2D eigenvalue weighted by molar-refractivity contribution is 0.00922. The van der Waals surface area contributed by atoms with Crippen molar-refractivity contribution < 1.29 is 9.53 Å². The third-order valence-corrected chi connectivity index (χ3v) is 4.66. The fraction of sp³-hybridized carbons (Fsp3) is 0.941. The van der Waals surface area contributed by atoms with E-state index in [1.165, 1.54) is 12.8 Å². The molecule has 0 bridgehead atoms. The molecule has 2 fully saturated rings. The van der Waals surface area contributed by atoms with Gasteiger partial charge in [0.05, 0.1) is 0 Å². The minimum Gasteiger partial charge on any atom is -0.444 e. The predicted molar refractivity (Wildman–Crippen MR) is 89.0 cm³/mol. The molecule has 5 heteroatoms. The number of rotatable bonds is 3. The lowest BCUT2D eigenvalue weighted by Gasteiger charge is -2.39. The van der Waals surface area contributed by atoms with Gasteiger partial charge in [-0.05, 0) is 78.9 Å². The van der Waals surface area contributed by atoms with E-state index in [-0.39, 0.29) is 12.1 Å². The molecule has 2 atom stereocenters. The van der Waals surface area contributed by atoms with Crippen LogP contribution in [0, 0.1) is 5.92 Å². The molecule has 2 aliphatic rings. The number of ether oxygens (including phenoxy) is 1. The third-order valence-electron chi connectivity index (χ3n) is 4.66. The second-order valence-electron chi connectivity index (χ2n) is 7.85. The summed E-state index contributed by atoms with van der Waals surface area (Å²) >= 11 is 0. The van der Waals surface area contributed by atoms with Crippen LogP contribution in [0.3, 0.4) is 0 Å². The molecule has 2 saturated heterocycles. The van der Waals surface area contributed by atoms with Crippen molar-refractivity contribution in [1.29, 1.82) is 0 Å². The Balaban J connectivity index is 1.73. The van der Waals surface area contributed by atoms with Crippen LogP contribution in [0.15, 0.2) is 0 Å². The van der Waals surface area contributed by atoms with Crippen LogP contribution in [-0.4, -0.2) is 54.9 Å². The zero-order valence-corrected chi connectivity index (χ0v) is 14.7. The van der Waals surface area contributed by atoms with Crippen molar-refractivity contribution in [3.05, 3.63) is 0 Å². The first kappa shape index (κ1) is 17.5. The summed E-state index contributed by atoms with van der Waals surface area (Å²) in [5, 5.41) is 7.13. The number of carbonyl (C=O) groups is 1. The molecule has 0 aliphatic carbocycles. The summed E-state index contributed by atoms with van der Waals surface area (Å²) in [7, 11) is 0. The highest BCUT2D eigenvalue weighted by atomic mass is 16.6. The van der Waals surface area contributed by atoms with Crippen molar-refractivity contribution in [2.45, 2.75) is 71.1 Å². The Morgan fingerprint density at radius 2 is 1.95 bits per heavy atom. The van der Waals surface area contributed by atoms with Gasteiger partial charge in [0.1, 0.15) is 5.60 Å². The van der Waals surface area contributed by atoms with E-state index in [1.807, 2.05) is 25.7 Å². The van der Waals surface area contributed by atoms with Crippen LogP contribution >= 0.6 is 0 Å². The first-order chi connectivity index (χ1) is 10.3. The average molecular weight is 311 g/mol. The number of carbonyl (C=O) groups excluding carboxylic acids is 1. The number of amides is 1. The molecule has 0 radical (unpaired) electrons. The highest BCUT2D eigenvalue weighted by molar-refractivity contribution is 5.68. The van der Waals surface area contributed by atoms with Gasteiger partial charge in [-0.1, -0.05) is 0 Å². The minimum absolute atomic E-state index is 0.170. The van der Waals surface area contributed by atoms with Gasteiger partial charge in [0, 0.05) is 18.6 Å². The van der Waals surface area contributed by atoms with Crippen molar-refractivity contribution in [3.8, 4) is 0 Å². The van der Waals surface area contributed by atoms with Crippen LogP contribution < -0.4 is 10.6 Å². The predicted octanol–water partition coefficient (Wildman–Crippen LogP) is 2.36. The number of nitrogens with one attached hydrogen (secondary N) is 2. The third kappa shape index (κ3) is 5.43. The van der Waals surface area contributed by atoms with Crippen LogP contribution in [-0.2, 0) is 4.74 Å². The lowest BCUT2D eigenvalue weighted by atomic mass is 9.95. The van der Waals surface area contributed by atoms with E-state index >= 15 is 0 Å². The molecule has 0 aromatic rings. The van der Waals surface area contributed by atoms with E-state index in [4.69, 9.17) is 4.74 Å². The fourth-order valence-electron chi connectivity index (χ4n) is 3.37. The van der Waals surface area contributed by atoms with Crippen LogP contribution in [0.5, 0.6) is 0 Å². The number of piperidine rings is 2. The average Bonchev–Trinajstić information content (AvgIpc) is 2.44. The van der Waals surface area contributed by atoms with Crippen LogP contribution in [0.25, 0.3) is 0 Å². The van der Waals surface area contributed by atoms with E-state index in [0.29, 0.717) is 6.04 Å². The molecule has 2 N–H and O–H groups in total. The highest BCUT2D eigenvalue weighted by Crippen LogP contribution is 2.21. The van der Waals surface area contributed by atoms with Gasteiger partial charge in [0.25, 0.3) is 0 Å². The number of nitrogens with zero attached hydrogens (tertiary/aromatic N) is 1. The maximum Gasteiger partial charge on any atom is 0.410 e. The normalized spacial score (nSPS) is 27.7. The molecule has 128 valence electrons. The molecule has 2 unspecified atom stereocenters. The number of likely N-dealkylation sites (tertiary alicyclic amines) is 1. The maximum atomic E-state index is 12.2. The monoisotopic (exact) mass is 311 g/mol. The van der Waals surface area contributed by atoms with Gasteiger partial charge in [0.15, 0.2) is 0 Å². The van der Waals surface area contributed by atoms with Crippen molar-refractivity contribution in [3.63, 3.8) is 0 Å². The summed E-state index contributed by atoms with van der Waals surface area (Å²) in [5.74, 6) is 0.806. The molecule has 22 heavy (non-hydrogen) atoms. The molecule has 2 aliphatic heterocycles. The van der Waals surface area contributed by atoms with Crippen molar-refractivity contribution >= 4 is 6.09 Å². The summed E-state index contributed by atoms with van der Waals surface area (Å²) in [6.45, 7) is 12.1. The molecule has 5 nitrogen and oxygen atoms in total. The smallest absolute Gasteiger partial charge is 0.410 e. The second kappa shape index (κ2) is 7.64. The Morgan fingerprint density at radius 1 is 1.27 bits per heavy atom. The van der Waals surface area contributed by atoms with Gasteiger partial charge < -0.3 is 20.3 Å². The molecule has 1 amide bonds. The SMILES string of the molecule is CC1CC(NCC2CCNCC2)CCN1C(=O)OC(C)(C)C. The van der Waals surface area contributed by atoms with Gasteiger partial charge in [-0.15, -0.1) is 0 Å². The summed E-state index contributed by atoms with van der Waals surface area (Å²) in [6.07, 6.45) is 4.42. The molecule has 2 heterocycles. The number of hydrogen-bond acceptors (Lipinski definition) is 4. The first-order valence-corrected chi connectivity index (χ1v) is 8.79. The van der Waals surface area contributed by atoms with Crippen LogP contribution in [0.2, 0.25) is 0 Å². The zero-order valence-electron chi connectivity index (χ0n) is 14.7. The van der Waals surface area contributed by atoms with Gasteiger partial charge in [-0.25, -0.2) is 4.79 Å².